The molecular formula is C14H21NOS. The van der Waals surface area contributed by atoms with Crippen LogP contribution in [0.2, 0.25) is 0 Å². The van der Waals surface area contributed by atoms with Gasteiger partial charge in [0.2, 0.25) is 0 Å². The second-order valence-corrected chi connectivity index (χ2v) is 5.47. The molecule has 1 saturated heterocycles. The smallest absolute Gasteiger partial charge is 0.0700 e. The van der Waals surface area contributed by atoms with Gasteiger partial charge in [-0.1, -0.05) is 24.3 Å². The molecule has 1 aromatic rings. The van der Waals surface area contributed by atoms with Crippen molar-refractivity contribution in [1.29, 1.82) is 0 Å². The predicted octanol–water partition coefficient (Wildman–Crippen LogP) is 2.82. The molecule has 17 heavy (non-hydrogen) atoms. The molecule has 2 atom stereocenters. The van der Waals surface area contributed by atoms with Crippen molar-refractivity contribution in [1.82, 2.24) is 5.32 Å². The third-order valence-electron chi connectivity index (χ3n) is 3.25. The molecule has 0 radical (unpaired) electrons. The lowest BCUT2D eigenvalue weighted by atomic mass is 10.1. The highest BCUT2D eigenvalue weighted by atomic mass is 32.2. The van der Waals surface area contributed by atoms with Gasteiger partial charge in [0.1, 0.15) is 0 Å². The van der Waals surface area contributed by atoms with E-state index in [-0.39, 0.29) is 0 Å². The first kappa shape index (κ1) is 12.9. The number of ether oxygens (including phenoxy) is 1. The summed E-state index contributed by atoms with van der Waals surface area (Å²) >= 11 is 1.87. The van der Waals surface area contributed by atoms with Gasteiger partial charge < -0.3 is 10.1 Å². The summed E-state index contributed by atoms with van der Waals surface area (Å²) in [6.07, 6.45) is 3.62. The standard InChI is InChI=1S/C14H21NOS/c1-11-14(6-7-16-11)15-9-12-4-3-5-13(8-12)10-17-2/h3-5,8,11,14-15H,6-7,9-10H2,1-2H3/t11-,14+/m1/s1. The van der Waals surface area contributed by atoms with Crippen molar-refractivity contribution >= 4 is 11.8 Å². The van der Waals surface area contributed by atoms with E-state index in [0.717, 1.165) is 25.3 Å². The minimum Gasteiger partial charge on any atom is -0.377 e. The molecule has 0 bridgehead atoms. The van der Waals surface area contributed by atoms with Crippen LogP contribution in [-0.4, -0.2) is 25.0 Å². The van der Waals surface area contributed by atoms with Gasteiger partial charge in [-0.15, -0.1) is 0 Å². The van der Waals surface area contributed by atoms with Crippen LogP contribution in [0.3, 0.4) is 0 Å². The molecule has 1 heterocycles. The lowest BCUT2D eigenvalue weighted by molar-refractivity contribution is 0.113. The Balaban J connectivity index is 1.87. The molecule has 0 amide bonds. The fraction of sp³-hybridized carbons (Fsp3) is 0.571. The summed E-state index contributed by atoms with van der Waals surface area (Å²) in [5.41, 5.74) is 2.78. The van der Waals surface area contributed by atoms with Crippen molar-refractivity contribution < 1.29 is 4.74 Å². The molecular weight excluding hydrogens is 230 g/mol. The Hall–Kier alpha value is -0.510. The van der Waals surface area contributed by atoms with Gasteiger partial charge in [-0.2, -0.15) is 11.8 Å². The number of thioether (sulfide) groups is 1. The fourth-order valence-corrected chi connectivity index (χ4v) is 2.76. The van der Waals surface area contributed by atoms with Crippen LogP contribution >= 0.6 is 11.8 Å². The lowest BCUT2D eigenvalue weighted by Gasteiger charge is -2.16. The Morgan fingerprint density at radius 2 is 2.24 bits per heavy atom. The minimum absolute atomic E-state index is 0.351. The molecule has 1 aromatic carbocycles. The highest BCUT2D eigenvalue weighted by Crippen LogP contribution is 2.15. The van der Waals surface area contributed by atoms with Crippen LogP contribution in [0.5, 0.6) is 0 Å². The van der Waals surface area contributed by atoms with E-state index in [1.165, 1.54) is 11.1 Å². The molecule has 2 nitrogen and oxygen atoms in total. The van der Waals surface area contributed by atoms with Crippen LogP contribution in [0, 0.1) is 0 Å². The summed E-state index contributed by atoms with van der Waals surface area (Å²) < 4.78 is 5.55. The molecule has 1 aliphatic rings. The highest BCUT2D eigenvalue weighted by Gasteiger charge is 2.23. The molecule has 1 fully saturated rings. The van der Waals surface area contributed by atoms with Crippen molar-refractivity contribution in [3.05, 3.63) is 35.4 Å². The van der Waals surface area contributed by atoms with Crippen LogP contribution in [0.4, 0.5) is 0 Å². The van der Waals surface area contributed by atoms with Crippen molar-refractivity contribution in [2.75, 3.05) is 12.9 Å². The molecule has 94 valence electrons. The van der Waals surface area contributed by atoms with Crippen LogP contribution in [0.25, 0.3) is 0 Å². The van der Waals surface area contributed by atoms with E-state index < -0.39 is 0 Å². The van der Waals surface area contributed by atoms with Crippen LogP contribution < -0.4 is 5.32 Å². The van der Waals surface area contributed by atoms with E-state index in [1.54, 1.807) is 0 Å². The first-order valence-corrected chi connectivity index (χ1v) is 7.60. The number of rotatable bonds is 5. The topological polar surface area (TPSA) is 21.3 Å². The Labute approximate surface area is 108 Å². The van der Waals surface area contributed by atoms with E-state index in [4.69, 9.17) is 4.74 Å². The van der Waals surface area contributed by atoms with E-state index in [1.807, 2.05) is 11.8 Å². The van der Waals surface area contributed by atoms with E-state index in [9.17, 15) is 0 Å². The average molecular weight is 251 g/mol. The van der Waals surface area contributed by atoms with Crippen molar-refractivity contribution in [2.24, 2.45) is 0 Å². The molecule has 0 saturated carbocycles. The molecule has 1 N–H and O–H groups in total. The number of benzene rings is 1. The summed E-state index contributed by atoms with van der Waals surface area (Å²) in [6, 6.07) is 9.35. The van der Waals surface area contributed by atoms with Crippen LogP contribution in [0.1, 0.15) is 24.5 Å². The maximum atomic E-state index is 5.55. The summed E-state index contributed by atoms with van der Waals surface area (Å²) in [5, 5.41) is 3.59. The lowest BCUT2D eigenvalue weighted by Crippen LogP contribution is -2.34. The monoisotopic (exact) mass is 251 g/mol. The quantitative estimate of drug-likeness (QED) is 0.869. The largest absolute Gasteiger partial charge is 0.377 e. The van der Waals surface area contributed by atoms with Gasteiger partial charge in [-0.25, -0.2) is 0 Å². The first-order chi connectivity index (χ1) is 8.29. The summed E-state index contributed by atoms with van der Waals surface area (Å²) in [5.74, 6) is 1.09. The summed E-state index contributed by atoms with van der Waals surface area (Å²) in [7, 11) is 0. The average Bonchev–Trinajstić information content (AvgIpc) is 2.73. The van der Waals surface area contributed by atoms with Gasteiger partial charge in [0.15, 0.2) is 0 Å². The maximum absolute atomic E-state index is 5.55. The second-order valence-electron chi connectivity index (χ2n) is 4.60. The zero-order chi connectivity index (χ0) is 12.1. The molecule has 2 rings (SSSR count). The van der Waals surface area contributed by atoms with Gasteiger partial charge in [-0.3, -0.25) is 0 Å². The van der Waals surface area contributed by atoms with Gasteiger partial charge in [0, 0.05) is 24.9 Å². The van der Waals surface area contributed by atoms with E-state index >= 15 is 0 Å². The Bertz CT molecular complexity index is 356. The van der Waals surface area contributed by atoms with E-state index in [2.05, 4.69) is 42.8 Å². The Kier molecular flexibility index (Phi) is 4.89. The van der Waals surface area contributed by atoms with Crippen LogP contribution in [-0.2, 0) is 17.0 Å². The van der Waals surface area contributed by atoms with Crippen molar-refractivity contribution in [3.8, 4) is 0 Å². The summed E-state index contributed by atoms with van der Waals surface area (Å²) in [4.78, 5) is 0. The zero-order valence-electron chi connectivity index (χ0n) is 10.6. The molecule has 0 aliphatic carbocycles. The number of hydrogen-bond acceptors (Lipinski definition) is 3. The van der Waals surface area contributed by atoms with Gasteiger partial charge in [0.25, 0.3) is 0 Å². The van der Waals surface area contributed by atoms with Gasteiger partial charge >= 0.3 is 0 Å². The third kappa shape index (κ3) is 3.73. The zero-order valence-corrected chi connectivity index (χ0v) is 11.4. The van der Waals surface area contributed by atoms with Crippen LogP contribution in [0.15, 0.2) is 24.3 Å². The fourth-order valence-electron chi connectivity index (χ4n) is 2.24. The number of hydrogen-bond donors (Lipinski definition) is 1. The first-order valence-electron chi connectivity index (χ1n) is 6.21. The molecule has 0 aromatic heterocycles. The maximum Gasteiger partial charge on any atom is 0.0700 e. The van der Waals surface area contributed by atoms with E-state index in [0.29, 0.717) is 12.1 Å². The summed E-state index contributed by atoms with van der Waals surface area (Å²) in [6.45, 7) is 3.99. The molecule has 3 heteroatoms. The minimum atomic E-state index is 0.351. The molecule has 1 aliphatic heterocycles. The molecule has 0 spiro atoms. The second kappa shape index (κ2) is 6.43. The van der Waals surface area contributed by atoms with Crippen molar-refractivity contribution in [2.45, 2.75) is 37.8 Å². The van der Waals surface area contributed by atoms with Gasteiger partial charge in [0.05, 0.1) is 6.10 Å². The Morgan fingerprint density at radius 1 is 1.41 bits per heavy atom. The predicted molar refractivity (Wildman–Crippen MR) is 74.3 cm³/mol. The molecule has 0 unspecified atom stereocenters. The number of nitrogens with one attached hydrogen (secondary N) is 1. The Morgan fingerprint density at radius 3 is 2.94 bits per heavy atom. The van der Waals surface area contributed by atoms with Crippen molar-refractivity contribution in [3.63, 3.8) is 0 Å². The normalized spacial score (nSPS) is 24.1. The SMILES string of the molecule is CSCc1cccc(CN[C@H]2CCO[C@@H]2C)c1. The third-order valence-corrected chi connectivity index (χ3v) is 3.87. The highest BCUT2D eigenvalue weighted by molar-refractivity contribution is 7.97. The van der Waals surface area contributed by atoms with Gasteiger partial charge in [-0.05, 0) is 30.7 Å².